The Labute approximate surface area is 151 Å². The maximum Gasteiger partial charge on any atom is 0.251 e. The van der Waals surface area contributed by atoms with E-state index in [9.17, 15) is 4.79 Å². The molecular weight excluding hydrogens is 447 g/mol. The summed E-state index contributed by atoms with van der Waals surface area (Å²) in [6.45, 7) is 6.71. The van der Waals surface area contributed by atoms with Crippen LogP contribution in [0.2, 0.25) is 0 Å². The first-order valence-electron chi connectivity index (χ1n) is 6.73. The summed E-state index contributed by atoms with van der Waals surface area (Å²) in [6, 6.07) is 7.30. The normalized spacial score (nSPS) is 9.29. The van der Waals surface area contributed by atoms with Crippen molar-refractivity contribution < 1.29 is 4.79 Å². The number of rotatable bonds is 6. The molecule has 5 nitrogen and oxygen atoms in total. The van der Waals surface area contributed by atoms with Crippen molar-refractivity contribution in [3.8, 4) is 0 Å². The SMILES string of the molecule is CCNC(=NCCNC(=O)c1cccc(Br)c1)NCC.I. The van der Waals surface area contributed by atoms with E-state index in [1.165, 1.54) is 0 Å². The van der Waals surface area contributed by atoms with Gasteiger partial charge in [0.1, 0.15) is 0 Å². The van der Waals surface area contributed by atoms with Crippen molar-refractivity contribution in [3.05, 3.63) is 34.3 Å². The quantitative estimate of drug-likeness (QED) is 0.260. The Morgan fingerprint density at radius 1 is 1.19 bits per heavy atom. The van der Waals surface area contributed by atoms with E-state index in [4.69, 9.17) is 0 Å². The van der Waals surface area contributed by atoms with E-state index in [-0.39, 0.29) is 29.9 Å². The topological polar surface area (TPSA) is 65.5 Å². The first kappa shape index (κ1) is 20.2. The smallest absolute Gasteiger partial charge is 0.251 e. The Bertz CT molecular complexity index is 460. The second kappa shape index (κ2) is 11.8. The minimum atomic E-state index is -0.0880. The highest BCUT2D eigenvalue weighted by molar-refractivity contribution is 14.0. The number of hydrogen-bond donors (Lipinski definition) is 3. The Balaban J connectivity index is 0.00000400. The molecule has 0 saturated carbocycles. The molecule has 0 spiro atoms. The predicted molar refractivity (Wildman–Crippen MR) is 102 cm³/mol. The molecule has 118 valence electrons. The van der Waals surface area contributed by atoms with E-state index in [2.05, 4.69) is 36.9 Å². The number of halogens is 2. The molecule has 0 fully saturated rings. The van der Waals surface area contributed by atoms with Gasteiger partial charge in [0.25, 0.3) is 5.91 Å². The highest BCUT2D eigenvalue weighted by Gasteiger charge is 2.04. The van der Waals surface area contributed by atoms with Crippen molar-refractivity contribution in [1.82, 2.24) is 16.0 Å². The molecule has 0 saturated heterocycles. The van der Waals surface area contributed by atoms with Crippen LogP contribution in [0.5, 0.6) is 0 Å². The van der Waals surface area contributed by atoms with Gasteiger partial charge >= 0.3 is 0 Å². The molecule has 0 aliphatic rings. The van der Waals surface area contributed by atoms with Gasteiger partial charge < -0.3 is 16.0 Å². The summed E-state index contributed by atoms with van der Waals surface area (Å²) in [5, 5.41) is 9.10. The number of carbonyl (C=O) groups excluding carboxylic acids is 1. The second-order valence-electron chi connectivity index (χ2n) is 4.06. The third kappa shape index (κ3) is 8.25. The molecule has 0 unspecified atom stereocenters. The van der Waals surface area contributed by atoms with Crippen molar-refractivity contribution in [2.45, 2.75) is 13.8 Å². The van der Waals surface area contributed by atoms with Gasteiger partial charge in [-0.15, -0.1) is 24.0 Å². The Hall–Kier alpha value is -0.830. The van der Waals surface area contributed by atoms with Crippen LogP contribution in [0.4, 0.5) is 0 Å². The average molecular weight is 469 g/mol. The fraction of sp³-hybridized carbons (Fsp3) is 0.429. The summed E-state index contributed by atoms with van der Waals surface area (Å²) in [5.74, 6) is 0.682. The van der Waals surface area contributed by atoms with Crippen molar-refractivity contribution in [3.63, 3.8) is 0 Å². The molecule has 0 radical (unpaired) electrons. The fourth-order valence-corrected chi connectivity index (χ4v) is 1.98. The van der Waals surface area contributed by atoms with Crippen LogP contribution in [0, 0.1) is 0 Å². The van der Waals surface area contributed by atoms with Gasteiger partial charge in [0, 0.05) is 29.7 Å². The molecule has 21 heavy (non-hydrogen) atoms. The van der Waals surface area contributed by atoms with Crippen LogP contribution < -0.4 is 16.0 Å². The predicted octanol–water partition coefficient (Wildman–Crippen LogP) is 2.37. The van der Waals surface area contributed by atoms with Crippen molar-refractivity contribution in [1.29, 1.82) is 0 Å². The molecule has 0 bridgehead atoms. The van der Waals surface area contributed by atoms with Crippen LogP contribution in [0.3, 0.4) is 0 Å². The van der Waals surface area contributed by atoms with Gasteiger partial charge in [0.05, 0.1) is 6.54 Å². The minimum Gasteiger partial charge on any atom is -0.357 e. The highest BCUT2D eigenvalue weighted by Crippen LogP contribution is 2.11. The maximum atomic E-state index is 11.9. The molecule has 1 aromatic carbocycles. The number of carbonyl (C=O) groups is 1. The lowest BCUT2D eigenvalue weighted by molar-refractivity contribution is 0.0954. The standard InChI is InChI=1S/C14H21BrN4O.HI/c1-3-16-14(17-4-2)19-9-8-18-13(20)11-6-5-7-12(15)10-11;/h5-7,10H,3-4,8-9H2,1-2H3,(H,18,20)(H2,16,17,19);1H. The first-order valence-corrected chi connectivity index (χ1v) is 7.52. The molecule has 0 aliphatic heterocycles. The van der Waals surface area contributed by atoms with E-state index in [0.29, 0.717) is 18.7 Å². The molecule has 1 rings (SSSR count). The van der Waals surface area contributed by atoms with Gasteiger partial charge in [-0.25, -0.2) is 0 Å². The molecule has 7 heteroatoms. The van der Waals surface area contributed by atoms with Gasteiger partial charge in [-0.2, -0.15) is 0 Å². The molecule has 3 N–H and O–H groups in total. The molecule has 0 heterocycles. The lowest BCUT2D eigenvalue weighted by Crippen LogP contribution is -2.37. The van der Waals surface area contributed by atoms with Crippen LogP contribution in [-0.2, 0) is 0 Å². The highest BCUT2D eigenvalue weighted by atomic mass is 127. The van der Waals surface area contributed by atoms with Crippen molar-refractivity contribution >= 4 is 51.8 Å². The lowest BCUT2D eigenvalue weighted by Gasteiger charge is -2.09. The van der Waals surface area contributed by atoms with E-state index < -0.39 is 0 Å². The Kier molecular flexibility index (Phi) is 11.3. The zero-order valence-electron chi connectivity index (χ0n) is 12.3. The number of guanidine groups is 1. The van der Waals surface area contributed by atoms with Crippen LogP contribution in [0.1, 0.15) is 24.2 Å². The second-order valence-corrected chi connectivity index (χ2v) is 4.97. The fourth-order valence-electron chi connectivity index (χ4n) is 1.58. The van der Waals surface area contributed by atoms with Crippen molar-refractivity contribution in [2.24, 2.45) is 4.99 Å². The van der Waals surface area contributed by atoms with Crippen molar-refractivity contribution in [2.75, 3.05) is 26.2 Å². The molecule has 0 aliphatic carbocycles. The number of hydrogen-bond acceptors (Lipinski definition) is 2. The Morgan fingerprint density at radius 2 is 1.86 bits per heavy atom. The zero-order valence-corrected chi connectivity index (χ0v) is 16.2. The van der Waals surface area contributed by atoms with Gasteiger partial charge in [0.2, 0.25) is 0 Å². The summed E-state index contributed by atoms with van der Waals surface area (Å²) in [7, 11) is 0. The summed E-state index contributed by atoms with van der Waals surface area (Å²) < 4.78 is 0.893. The van der Waals surface area contributed by atoms with E-state index in [1.807, 2.05) is 26.0 Å². The third-order valence-corrected chi connectivity index (χ3v) is 2.94. The summed E-state index contributed by atoms with van der Waals surface area (Å²) in [5.41, 5.74) is 0.641. The number of benzene rings is 1. The summed E-state index contributed by atoms with van der Waals surface area (Å²) in [6.07, 6.45) is 0. The van der Waals surface area contributed by atoms with E-state index >= 15 is 0 Å². The first-order chi connectivity index (χ1) is 9.67. The van der Waals surface area contributed by atoms with Gasteiger partial charge in [-0.1, -0.05) is 22.0 Å². The zero-order chi connectivity index (χ0) is 14.8. The van der Waals surface area contributed by atoms with Crippen LogP contribution in [-0.4, -0.2) is 38.0 Å². The van der Waals surface area contributed by atoms with Crippen LogP contribution in [0.25, 0.3) is 0 Å². The average Bonchev–Trinajstić information content (AvgIpc) is 2.43. The monoisotopic (exact) mass is 468 g/mol. The van der Waals surface area contributed by atoms with Gasteiger partial charge in [0.15, 0.2) is 5.96 Å². The maximum absolute atomic E-state index is 11.9. The molecule has 1 amide bonds. The van der Waals surface area contributed by atoms with E-state index in [0.717, 1.165) is 23.5 Å². The minimum absolute atomic E-state index is 0. The molecule has 0 atom stereocenters. The largest absolute Gasteiger partial charge is 0.357 e. The number of nitrogens with zero attached hydrogens (tertiary/aromatic N) is 1. The van der Waals surface area contributed by atoms with Gasteiger partial charge in [-0.05, 0) is 32.0 Å². The Morgan fingerprint density at radius 3 is 2.43 bits per heavy atom. The number of aliphatic imine (C=N–C) groups is 1. The van der Waals surface area contributed by atoms with Crippen LogP contribution in [0.15, 0.2) is 33.7 Å². The molecule has 0 aromatic heterocycles. The molecule has 1 aromatic rings. The summed E-state index contributed by atoms with van der Waals surface area (Å²) in [4.78, 5) is 16.2. The number of amides is 1. The van der Waals surface area contributed by atoms with Gasteiger partial charge in [-0.3, -0.25) is 9.79 Å². The molecular formula is C14H22BrIN4O. The third-order valence-electron chi connectivity index (χ3n) is 2.44. The number of nitrogens with one attached hydrogen (secondary N) is 3. The van der Waals surface area contributed by atoms with E-state index in [1.54, 1.807) is 12.1 Å². The lowest BCUT2D eigenvalue weighted by atomic mass is 10.2. The van der Waals surface area contributed by atoms with Crippen LogP contribution >= 0.6 is 39.9 Å². The summed E-state index contributed by atoms with van der Waals surface area (Å²) >= 11 is 3.35.